The molecular weight excluding hydrogens is 967 g/mol. The number of esters is 1. The lowest BCUT2D eigenvalue weighted by molar-refractivity contribution is -0.302. The van der Waals surface area contributed by atoms with Crippen molar-refractivity contribution in [1.29, 1.82) is 0 Å². The smallest absolute Gasteiger partial charge is 0.305 e. The standard InChI is InChI=1S/C66H127NO10/c1-3-5-7-9-11-13-15-33-36-40-44-48-52-59(69)58(57-76-66-65(74)64(73)63(72)60(56-68)77-66)67-61(70)53-49-45-41-37-34-30-28-26-24-22-20-18-16-17-19-21-23-25-27-29-31-35-39-43-47-51-55-75-62(71)54-50-46-42-38-32-14-12-10-8-6-4-2/h48,52,58-60,63-66,68-69,72-74H,3-47,49-51,53-57H2,1-2H3,(H,67,70)/b52-48+. The average molecular weight is 1090 g/mol. The topological polar surface area (TPSA) is 175 Å². The van der Waals surface area contributed by atoms with Crippen LogP contribution in [-0.4, -0.2) is 100 Å². The predicted octanol–water partition coefficient (Wildman–Crippen LogP) is 16.3. The number of nitrogens with one attached hydrogen (secondary N) is 1. The molecule has 7 unspecified atom stereocenters. The summed E-state index contributed by atoms with van der Waals surface area (Å²) in [5, 5.41) is 54.4. The minimum Gasteiger partial charge on any atom is -0.466 e. The Morgan fingerprint density at radius 3 is 1.21 bits per heavy atom. The van der Waals surface area contributed by atoms with E-state index in [2.05, 4.69) is 19.2 Å². The number of rotatable bonds is 59. The molecule has 0 aromatic rings. The van der Waals surface area contributed by atoms with Crippen LogP contribution in [0.5, 0.6) is 0 Å². The van der Waals surface area contributed by atoms with Crippen LogP contribution in [0.3, 0.4) is 0 Å². The second-order valence-electron chi connectivity index (χ2n) is 23.5. The van der Waals surface area contributed by atoms with Crippen molar-refractivity contribution in [3.05, 3.63) is 12.2 Å². The van der Waals surface area contributed by atoms with E-state index >= 15 is 0 Å². The summed E-state index contributed by atoms with van der Waals surface area (Å²) in [6.45, 7) is 4.37. The van der Waals surface area contributed by atoms with Crippen molar-refractivity contribution in [2.45, 2.75) is 378 Å². The van der Waals surface area contributed by atoms with Gasteiger partial charge in [0.2, 0.25) is 5.91 Å². The summed E-state index contributed by atoms with van der Waals surface area (Å²) < 4.78 is 16.7. The van der Waals surface area contributed by atoms with Crippen molar-refractivity contribution in [3.8, 4) is 0 Å². The number of allylic oxidation sites excluding steroid dienone is 1. The molecule has 1 aliphatic heterocycles. The molecule has 0 spiro atoms. The van der Waals surface area contributed by atoms with Crippen molar-refractivity contribution in [3.63, 3.8) is 0 Å². The Morgan fingerprint density at radius 1 is 0.468 bits per heavy atom. The average Bonchev–Trinajstić information content (AvgIpc) is 3.43. The molecule has 11 nitrogen and oxygen atoms in total. The molecule has 11 heteroatoms. The third-order valence-corrected chi connectivity index (χ3v) is 16.2. The van der Waals surface area contributed by atoms with E-state index in [0.29, 0.717) is 19.4 Å². The number of ether oxygens (including phenoxy) is 3. The largest absolute Gasteiger partial charge is 0.466 e. The molecule has 0 aromatic carbocycles. The van der Waals surface area contributed by atoms with Crippen molar-refractivity contribution < 1.29 is 49.3 Å². The molecule has 0 bridgehead atoms. The predicted molar refractivity (Wildman–Crippen MR) is 320 cm³/mol. The Labute approximate surface area is 474 Å². The van der Waals surface area contributed by atoms with Gasteiger partial charge in [-0.15, -0.1) is 0 Å². The number of aliphatic hydroxyl groups excluding tert-OH is 5. The first-order valence-corrected chi connectivity index (χ1v) is 33.5. The Bertz CT molecular complexity index is 1280. The highest BCUT2D eigenvalue weighted by atomic mass is 16.7. The summed E-state index contributed by atoms with van der Waals surface area (Å²) in [6, 6.07) is -0.807. The quantitative estimate of drug-likeness (QED) is 0.0195. The molecule has 0 aliphatic carbocycles. The van der Waals surface area contributed by atoms with Crippen molar-refractivity contribution in [2.75, 3.05) is 19.8 Å². The summed E-state index contributed by atoms with van der Waals surface area (Å²) in [5.74, 6) is -0.170. The van der Waals surface area contributed by atoms with Gasteiger partial charge in [-0.05, 0) is 32.1 Å². The van der Waals surface area contributed by atoms with Gasteiger partial charge in [-0.3, -0.25) is 9.59 Å². The van der Waals surface area contributed by atoms with Gasteiger partial charge in [0.1, 0.15) is 24.4 Å². The van der Waals surface area contributed by atoms with Gasteiger partial charge < -0.3 is 45.1 Å². The van der Waals surface area contributed by atoms with Gasteiger partial charge in [0, 0.05) is 12.8 Å². The normalized spacial score (nSPS) is 18.6. The zero-order valence-electron chi connectivity index (χ0n) is 50.5. The Balaban J connectivity index is 1.98. The van der Waals surface area contributed by atoms with Crippen molar-refractivity contribution in [1.82, 2.24) is 5.32 Å². The maximum absolute atomic E-state index is 13.0. The number of aliphatic hydroxyl groups is 5. The molecule has 1 saturated heterocycles. The molecule has 1 heterocycles. The molecule has 0 radical (unpaired) electrons. The van der Waals surface area contributed by atoms with Gasteiger partial charge >= 0.3 is 5.97 Å². The molecular formula is C66H127NO10. The number of amides is 1. The van der Waals surface area contributed by atoms with Crippen LogP contribution in [0.1, 0.15) is 335 Å². The highest BCUT2D eigenvalue weighted by Crippen LogP contribution is 2.23. The third kappa shape index (κ3) is 45.7. The van der Waals surface area contributed by atoms with Crippen LogP contribution in [0.2, 0.25) is 0 Å². The fraction of sp³-hybridized carbons (Fsp3) is 0.939. The zero-order valence-corrected chi connectivity index (χ0v) is 50.5. The highest BCUT2D eigenvalue weighted by Gasteiger charge is 2.44. The van der Waals surface area contributed by atoms with Crippen LogP contribution in [0.15, 0.2) is 12.2 Å². The Kier molecular flexibility index (Phi) is 53.6. The van der Waals surface area contributed by atoms with Crippen LogP contribution < -0.4 is 5.32 Å². The highest BCUT2D eigenvalue weighted by molar-refractivity contribution is 5.76. The first-order chi connectivity index (χ1) is 37.7. The molecule has 77 heavy (non-hydrogen) atoms. The Hall–Kier alpha value is -1.60. The molecule has 6 N–H and O–H groups in total. The van der Waals surface area contributed by atoms with Crippen LogP contribution in [0.25, 0.3) is 0 Å². The lowest BCUT2D eigenvalue weighted by Crippen LogP contribution is -2.60. The number of hydrogen-bond acceptors (Lipinski definition) is 10. The zero-order chi connectivity index (χ0) is 55.9. The van der Waals surface area contributed by atoms with Crippen LogP contribution >= 0.6 is 0 Å². The van der Waals surface area contributed by atoms with Crippen molar-refractivity contribution in [2.24, 2.45) is 0 Å². The molecule has 1 rings (SSSR count). The van der Waals surface area contributed by atoms with Gasteiger partial charge in [0.25, 0.3) is 0 Å². The van der Waals surface area contributed by atoms with Crippen LogP contribution in [0, 0.1) is 0 Å². The molecule has 456 valence electrons. The molecule has 1 amide bonds. The fourth-order valence-electron chi connectivity index (χ4n) is 10.8. The molecule has 0 aromatic heterocycles. The molecule has 0 saturated carbocycles. The number of carbonyl (C=O) groups excluding carboxylic acids is 2. The van der Waals surface area contributed by atoms with E-state index in [4.69, 9.17) is 14.2 Å². The monoisotopic (exact) mass is 1090 g/mol. The van der Waals surface area contributed by atoms with Crippen LogP contribution in [-0.2, 0) is 23.8 Å². The van der Waals surface area contributed by atoms with Gasteiger partial charge in [-0.25, -0.2) is 0 Å². The van der Waals surface area contributed by atoms with E-state index in [1.54, 1.807) is 6.08 Å². The number of carbonyl (C=O) groups is 2. The maximum atomic E-state index is 13.0. The molecule has 7 atom stereocenters. The van der Waals surface area contributed by atoms with E-state index in [0.717, 1.165) is 57.8 Å². The van der Waals surface area contributed by atoms with E-state index in [1.165, 1.54) is 250 Å². The van der Waals surface area contributed by atoms with E-state index in [9.17, 15) is 35.1 Å². The number of hydrogen-bond donors (Lipinski definition) is 6. The SMILES string of the molecule is CCCCCCCCCCCC/C=C/C(O)C(COC1OC(CO)C(O)C(O)C1O)NC(=O)CCCCCCCCCCCCCCCCCCCCCCCCCCCCOC(=O)CCCCCCCCCCCCC. The second kappa shape index (κ2) is 56.3. The second-order valence-corrected chi connectivity index (χ2v) is 23.5. The van der Waals surface area contributed by atoms with Gasteiger partial charge in [-0.2, -0.15) is 0 Å². The minimum absolute atomic E-state index is 0.00756. The van der Waals surface area contributed by atoms with E-state index in [-0.39, 0.29) is 18.5 Å². The summed E-state index contributed by atoms with van der Waals surface area (Å²) in [7, 11) is 0. The third-order valence-electron chi connectivity index (χ3n) is 16.2. The lowest BCUT2D eigenvalue weighted by atomic mass is 9.99. The molecule has 1 fully saturated rings. The first kappa shape index (κ1) is 73.4. The first-order valence-electron chi connectivity index (χ1n) is 33.5. The number of unbranched alkanes of at least 4 members (excludes halogenated alkanes) is 45. The fourth-order valence-corrected chi connectivity index (χ4v) is 10.8. The lowest BCUT2D eigenvalue weighted by Gasteiger charge is -2.40. The summed E-state index contributed by atoms with van der Waals surface area (Å²) in [6.07, 6.45) is 57.6. The summed E-state index contributed by atoms with van der Waals surface area (Å²) in [5.41, 5.74) is 0. The summed E-state index contributed by atoms with van der Waals surface area (Å²) >= 11 is 0. The molecule has 1 aliphatic rings. The Morgan fingerprint density at radius 2 is 0.818 bits per heavy atom. The van der Waals surface area contributed by atoms with E-state index < -0.39 is 49.5 Å². The maximum Gasteiger partial charge on any atom is 0.305 e. The van der Waals surface area contributed by atoms with Gasteiger partial charge in [0.15, 0.2) is 6.29 Å². The minimum atomic E-state index is -1.57. The van der Waals surface area contributed by atoms with Gasteiger partial charge in [0.05, 0.1) is 32.0 Å². The van der Waals surface area contributed by atoms with E-state index in [1.807, 2.05) is 6.08 Å². The van der Waals surface area contributed by atoms with Crippen LogP contribution in [0.4, 0.5) is 0 Å². The van der Waals surface area contributed by atoms with Gasteiger partial charge in [-0.1, -0.05) is 302 Å². The van der Waals surface area contributed by atoms with Crippen molar-refractivity contribution >= 4 is 11.9 Å². The summed E-state index contributed by atoms with van der Waals surface area (Å²) in [4.78, 5) is 25.1.